The monoisotopic (exact) mass is 590 g/mol. The Balaban J connectivity index is 1.63. The Morgan fingerprint density at radius 3 is 2.50 bits per heavy atom. The fraction of sp³-hybridized carbons (Fsp3) is 0.364. The van der Waals surface area contributed by atoms with Crippen LogP contribution in [0.2, 0.25) is 0 Å². The minimum Gasteiger partial charge on any atom is -0.381 e. The maximum absolute atomic E-state index is 13.7. The van der Waals surface area contributed by atoms with Gasteiger partial charge in [0, 0.05) is 24.6 Å². The van der Waals surface area contributed by atoms with Gasteiger partial charge in [0.1, 0.15) is 5.54 Å². The van der Waals surface area contributed by atoms with Crippen LogP contribution in [-0.2, 0) is 30.6 Å². The predicted octanol–water partition coefficient (Wildman–Crippen LogP) is 3.14. The number of imidazole rings is 1. The molecular weight excluding hydrogens is 574 g/mol. The van der Waals surface area contributed by atoms with E-state index >= 15 is 0 Å². The second-order valence-corrected chi connectivity index (χ2v) is 11.2. The summed E-state index contributed by atoms with van der Waals surface area (Å²) in [6.07, 6.45) is -9.43. The van der Waals surface area contributed by atoms with Gasteiger partial charge in [-0.1, -0.05) is 6.07 Å². The van der Waals surface area contributed by atoms with Crippen LogP contribution in [0.5, 0.6) is 0 Å². The number of hydroxylamine groups is 1. The second-order valence-electron chi connectivity index (χ2n) is 9.40. The van der Waals surface area contributed by atoms with Crippen LogP contribution in [0.3, 0.4) is 0 Å². The molecule has 2 aromatic heterocycles. The Kier molecular flexibility index (Phi) is 5.88. The third-order valence-corrected chi connectivity index (χ3v) is 8.39. The number of hydrogen-bond donors (Lipinski definition) is 1. The Labute approximate surface area is 220 Å². The number of carbonyl (C=O) groups excluding carboxylic acids is 1. The number of nitriles is 1. The summed E-state index contributed by atoms with van der Waals surface area (Å²) in [6, 6.07) is 5.08. The summed E-state index contributed by atoms with van der Waals surface area (Å²) < 4.78 is 113. The van der Waals surface area contributed by atoms with E-state index in [4.69, 9.17) is 10.5 Å². The predicted molar refractivity (Wildman–Crippen MR) is 120 cm³/mol. The molecule has 40 heavy (non-hydrogen) atoms. The van der Waals surface area contributed by atoms with Gasteiger partial charge in [0.05, 0.1) is 29.5 Å². The molecule has 0 atom stereocenters. The molecule has 18 heteroatoms. The quantitative estimate of drug-likeness (QED) is 0.349. The van der Waals surface area contributed by atoms with Crippen molar-refractivity contribution in [3.63, 3.8) is 0 Å². The number of sulfonamides is 1. The number of fused-ring (bicyclic) bond motifs is 2. The average molecular weight is 590 g/mol. The lowest BCUT2D eigenvalue weighted by Crippen LogP contribution is -2.61. The number of carbonyl (C=O) groups is 1. The molecule has 4 heterocycles. The molecule has 0 amide bonds. The molecule has 0 spiro atoms. The minimum atomic E-state index is -5.56. The molecule has 3 aliphatic rings. The van der Waals surface area contributed by atoms with Crippen LogP contribution < -0.4 is 5.73 Å². The highest BCUT2D eigenvalue weighted by atomic mass is 32.2. The zero-order valence-electron chi connectivity index (χ0n) is 20.0. The van der Waals surface area contributed by atoms with Gasteiger partial charge in [0.2, 0.25) is 0 Å². The number of ether oxygens (including phenoxy) is 1. The standard InChI is InChI=1S/C22H16F6N6O5S/c1-11-2-3-12(4-13(11)14-5-31-17-16(30)32-15(6-33(14)17)21(23,24)25)40(36,37)34(39-18(35)22(26,27)28)19-7-20(8-19,9-29)38-10-19/h2-6H,7-8,10H2,1H3,(H2,30,32). The first kappa shape index (κ1) is 27.6. The molecule has 1 saturated carbocycles. The minimum absolute atomic E-state index is 0.0227. The molecule has 2 aliphatic heterocycles. The van der Waals surface area contributed by atoms with Crippen LogP contribution in [0.1, 0.15) is 24.1 Å². The molecule has 2 N–H and O–H groups in total. The fourth-order valence-corrected chi connectivity index (χ4v) is 6.35. The third kappa shape index (κ3) is 4.20. The number of nitrogens with two attached hydrogens (primary N) is 1. The molecule has 2 bridgehead atoms. The number of hydrogen-bond acceptors (Lipinski definition) is 9. The van der Waals surface area contributed by atoms with Gasteiger partial charge in [-0.3, -0.25) is 4.40 Å². The maximum atomic E-state index is 13.7. The summed E-state index contributed by atoms with van der Waals surface area (Å²) in [7, 11) is -5.06. The largest absolute Gasteiger partial charge is 0.492 e. The number of halogens is 6. The van der Waals surface area contributed by atoms with E-state index in [-0.39, 0.29) is 34.2 Å². The lowest BCUT2D eigenvalue weighted by Gasteiger charge is -2.44. The number of rotatable bonds is 5. The number of anilines is 1. The van der Waals surface area contributed by atoms with E-state index in [2.05, 4.69) is 14.8 Å². The zero-order valence-corrected chi connectivity index (χ0v) is 20.9. The highest BCUT2D eigenvalue weighted by Crippen LogP contribution is 2.56. The first-order valence-corrected chi connectivity index (χ1v) is 12.6. The Bertz CT molecular complexity index is 1710. The summed E-state index contributed by atoms with van der Waals surface area (Å²) in [5.74, 6) is -3.37. The number of nitrogen functional groups attached to an aromatic ring is 1. The molecule has 1 aliphatic carbocycles. The highest BCUT2D eigenvalue weighted by molar-refractivity contribution is 7.89. The Morgan fingerprint density at radius 1 is 1.25 bits per heavy atom. The van der Waals surface area contributed by atoms with Crippen LogP contribution in [0.4, 0.5) is 32.2 Å². The number of nitrogens with zero attached hydrogens (tertiary/aromatic N) is 5. The average Bonchev–Trinajstić information content (AvgIpc) is 3.53. The van der Waals surface area contributed by atoms with Crippen LogP contribution in [0.15, 0.2) is 35.5 Å². The van der Waals surface area contributed by atoms with Gasteiger partial charge in [0.15, 0.2) is 22.8 Å². The van der Waals surface area contributed by atoms with E-state index in [1.165, 1.54) is 13.0 Å². The van der Waals surface area contributed by atoms with Gasteiger partial charge in [-0.25, -0.2) is 23.2 Å². The molecule has 0 radical (unpaired) electrons. The van der Waals surface area contributed by atoms with Crippen LogP contribution >= 0.6 is 0 Å². The van der Waals surface area contributed by atoms with Crippen molar-refractivity contribution in [2.45, 2.75) is 48.2 Å². The van der Waals surface area contributed by atoms with E-state index in [0.717, 1.165) is 22.7 Å². The smallest absolute Gasteiger partial charge is 0.381 e. The van der Waals surface area contributed by atoms with E-state index in [1.807, 2.05) is 6.07 Å². The van der Waals surface area contributed by atoms with Crippen molar-refractivity contribution in [2.75, 3.05) is 12.3 Å². The molecule has 3 fully saturated rings. The SMILES string of the molecule is Cc1ccc(S(=O)(=O)N(OC(=O)C(F)(F)F)C23COC(C#N)(C2)C3)cc1-c1cnc2c(N)nc(C(F)(F)F)cn12. The lowest BCUT2D eigenvalue weighted by molar-refractivity contribution is -0.238. The molecule has 1 aromatic carbocycles. The first-order valence-electron chi connectivity index (χ1n) is 11.1. The van der Waals surface area contributed by atoms with Crippen molar-refractivity contribution in [3.8, 4) is 17.3 Å². The van der Waals surface area contributed by atoms with Gasteiger partial charge < -0.3 is 15.3 Å². The van der Waals surface area contributed by atoms with Crippen molar-refractivity contribution in [3.05, 3.63) is 41.9 Å². The third-order valence-electron chi connectivity index (χ3n) is 6.64. The summed E-state index contributed by atoms with van der Waals surface area (Å²) in [5, 5.41) is 9.32. The zero-order chi connectivity index (χ0) is 29.5. The van der Waals surface area contributed by atoms with Crippen LogP contribution in [0.25, 0.3) is 16.9 Å². The Hall–Kier alpha value is -3.95. The number of benzene rings is 1. The topological polar surface area (TPSA) is 153 Å². The van der Waals surface area contributed by atoms with E-state index in [9.17, 15) is 44.8 Å². The molecular formula is C22H16F6N6O5S. The van der Waals surface area contributed by atoms with Gasteiger partial charge in [0.25, 0.3) is 10.0 Å². The summed E-state index contributed by atoms with van der Waals surface area (Å²) in [4.78, 5) is 22.7. The summed E-state index contributed by atoms with van der Waals surface area (Å²) in [6.45, 7) is 0.974. The van der Waals surface area contributed by atoms with Crippen molar-refractivity contribution in [2.24, 2.45) is 0 Å². The highest BCUT2D eigenvalue weighted by Gasteiger charge is 2.70. The summed E-state index contributed by atoms with van der Waals surface area (Å²) >= 11 is 0. The molecule has 212 valence electrons. The summed E-state index contributed by atoms with van der Waals surface area (Å²) in [5.41, 5.74) is 1.22. The lowest BCUT2D eigenvalue weighted by atomic mass is 9.70. The van der Waals surface area contributed by atoms with Gasteiger partial charge in [-0.2, -0.15) is 31.6 Å². The van der Waals surface area contributed by atoms with Gasteiger partial charge in [-0.15, -0.1) is 0 Å². The van der Waals surface area contributed by atoms with E-state index in [1.54, 1.807) is 0 Å². The van der Waals surface area contributed by atoms with Crippen molar-refractivity contribution in [1.29, 1.82) is 5.26 Å². The van der Waals surface area contributed by atoms with Gasteiger partial charge in [-0.05, 0) is 29.1 Å². The molecule has 11 nitrogen and oxygen atoms in total. The second kappa shape index (κ2) is 8.52. The van der Waals surface area contributed by atoms with E-state index in [0.29, 0.717) is 11.8 Å². The van der Waals surface area contributed by atoms with Crippen molar-refractivity contribution in [1.82, 2.24) is 18.8 Å². The number of alkyl halides is 6. The number of aryl methyl sites for hydroxylation is 1. The molecule has 3 aromatic rings. The Morgan fingerprint density at radius 2 is 1.93 bits per heavy atom. The molecule has 2 saturated heterocycles. The van der Waals surface area contributed by atoms with Gasteiger partial charge >= 0.3 is 18.3 Å². The van der Waals surface area contributed by atoms with Crippen LogP contribution in [0, 0.1) is 18.3 Å². The normalized spacial score (nSPS) is 22.8. The molecule has 0 unspecified atom stereocenters. The van der Waals surface area contributed by atoms with E-state index < -0.39 is 62.5 Å². The van der Waals surface area contributed by atoms with Crippen LogP contribution in [-0.4, -0.2) is 57.1 Å². The number of aromatic nitrogens is 3. The first-order chi connectivity index (χ1) is 18.4. The maximum Gasteiger partial charge on any atom is 0.492 e. The van der Waals surface area contributed by atoms with Crippen molar-refractivity contribution < 1.29 is 49.1 Å². The van der Waals surface area contributed by atoms with Crippen molar-refractivity contribution >= 4 is 27.5 Å². The molecule has 6 rings (SSSR count). The fourth-order valence-electron chi connectivity index (χ4n) is 4.79.